The molecule has 1 rings (SSSR count). The van der Waals surface area contributed by atoms with Gasteiger partial charge in [-0.1, -0.05) is 0 Å². The van der Waals surface area contributed by atoms with E-state index in [1.807, 2.05) is 0 Å². The number of aliphatic carboxylic acids is 1. The van der Waals surface area contributed by atoms with Gasteiger partial charge in [-0.05, 0) is 18.2 Å². The zero-order valence-corrected chi connectivity index (χ0v) is 13.5. The molecule has 1 aromatic carbocycles. The minimum Gasteiger partial charge on any atom is -0.481 e. The first-order valence-electron chi connectivity index (χ1n) is 6.84. The van der Waals surface area contributed by atoms with Crippen LogP contribution in [0.5, 0.6) is 0 Å². The van der Waals surface area contributed by atoms with E-state index in [0.29, 0.717) is 0 Å². The monoisotopic (exact) mass is 338 g/mol. The number of rotatable bonds is 6. The number of ether oxygens (including phenoxy) is 2. The second-order valence-corrected chi connectivity index (χ2v) is 4.74. The molecule has 9 heteroatoms. The maximum Gasteiger partial charge on any atom is 0.338 e. The Hall–Kier alpha value is -3.10. The lowest BCUT2D eigenvalue weighted by molar-refractivity contribution is -0.137. The molecule has 0 heterocycles. The molecule has 0 aliphatic heterocycles. The van der Waals surface area contributed by atoms with Crippen LogP contribution >= 0.6 is 0 Å². The van der Waals surface area contributed by atoms with Gasteiger partial charge in [0.1, 0.15) is 0 Å². The molecule has 2 N–H and O–H groups in total. The molecule has 0 aliphatic rings. The highest BCUT2D eigenvalue weighted by atomic mass is 16.5. The maximum absolute atomic E-state index is 12.0. The summed E-state index contributed by atoms with van der Waals surface area (Å²) in [5.41, 5.74) is 0.187. The lowest BCUT2D eigenvalue weighted by atomic mass is 10.1. The molecule has 0 saturated heterocycles. The van der Waals surface area contributed by atoms with Crippen molar-refractivity contribution in [3.8, 4) is 0 Å². The first-order chi connectivity index (χ1) is 11.3. The molecule has 0 aliphatic carbocycles. The smallest absolute Gasteiger partial charge is 0.338 e. The largest absolute Gasteiger partial charge is 0.481 e. The van der Waals surface area contributed by atoms with Gasteiger partial charge < -0.3 is 24.8 Å². The van der Waals surface area contributed by atoms with Gasteiger partial charge in [0.15, 0.2) is 0 Å². The van der Waals surface area contributed by atoms with E-state index in [-0.39, 0.29) is 29.8 Å². The summed E-state index contributed by atoms with van der Waals surface area (Å²) in [6, 6.07) is 3.46. The first-order valence-corrected chi connectivity index (χ1v) is 6.84. The second-order valence-electron chi connectivity index (χ2n) is 4.74. The number of nitrogens with one attached hydrogen (secondary N) is 1. The van der Waals surface area contributed by atoms with Crippen molar-refractivity contribution in [1.29, 1.82) is 0 Å². The third-order valence-corrected chi connectivity index (χ3v) is 3.09. The van der Waals surface area contributed by atoms with E-state index in [1.165, 1.54) is 37.3 Å². The van der Waals surface area contributed by atoms with Crippen LogP contribution in [0, 0.1) is 0 Å². The van der Waals surface area contributed by atoms with Crippen molar-refractivity contribution in [3.63, 3.8) is 0 Å². The van der Waals surface area contributed by atoms with Crippen LogP contribution in [-0.2, 0) is 14.3 Å². The third-order valence-electron chi connectivity index (χ3n) is 3.09. The van der Waals surface area contributed by atoms with Gasteiger partial charge in [0.25, 0.3) is 0 Å². The van der Waals surface area contributed by atoms with Gasteiger partial charge in [-0.25, -0.2) is 14.4 Å². The summed E-state index contributed by atoms with van der Waals surface area (Å²) in [4.78, 5) is 47.1. The van der Waals surface area contributed by atoms with E-state index in [4.69, 9.17) is 5.11 Å². The normalized spacial score (nSPS) is 9.79. The lowest BCUT2D eigenvalue weighted by Gasteiger charge is -2.17. The summed E-state index contributed by atoms with van der Waals surface area (Å²) in [5.74, 6) is -2.50. The standard InChI is InChI=1S/C15H18N2O7/c1-17(7-6-12(18)19)15(22)16-9-4-5-10(13(20)23-2)11(8-9)14(21)24-3/h4-5,8H,6-7H2,1-3H3,(H,16,22)(H,18,19). The topological polar surface area (TPSA) is 122 Å². The predicted octanol–water partition coefficient (Wildman–Crippen LogP) is 1.20. The molecule has 130 valence electrons. The fraction of sp³-hybridized carbons (Fsp3) is 0.333. The predicted molar refractivity (Wildman–Crippen MR) is 83.0 cm³/mol. The van der Waals surface area contributed by atoms with E-state index >= 15 is 0 Å². The van der Waals surface area contributed by atoms with Crippen LogP contribution in [0.25, 0.3) is 0 Å². The van der Waals surface area contributed by atoms with Crippen molar-refractivity contribution in [2.24, 2.45) is 0 Å². The summed E-state index contributed by atoms with van der Waals surface area (Å²) in [6.45, 7) is 0.0191. The molecule has 0 unspecified atom stereocenters. The minimum absolute atomic E-state index is 0.00146. The van der Waals surface area contributed by atoms with Crippen LogP contribution in [0.3, 0.4) is 0 Å². The number of urea groups is 1. The summed E-state index contributed by atoms with van der Waals surface area (Å²) in [7, 11) is 3.77. The molecule has 24 heavy (non-hydrogen) atoms. The Balaban J connectivity index is 2.97. The number of esters is 2. The Labute approximate surface area is 138 Å². The molecule has 0 radical (unpaired) electrons. The van der Waals surface area contributed by atoms with E-state index < -0.39 is 23.9 Å². The summed E-state index contributed by atoms with van der Waals surface area (Å²) in [6.07, 6.45) is -0.196. The van der Waals surface area contributed by atoms with E-state index in [9.17, 15) is 19.2 Å². The second kappa shape index (κ2) is 8.51. The van der Waals surface area contributed by atoms with Crippen LogP contribution < -0.4 is 5.32 Å². The van der Waals surface area contributed by atoms with Crippen LogP contribution in [0.2, 0.25) is 0 Å². The van der Waals surface area contributed by atoms with Gasteiger partial charge in [0.2, 0.25) is 0 Å². The number of anilines is 1. The van der Waals surface area contributed by atoms with Crippen molar-refractivity contribution in [3.05, 3.63) is 29.3 Å². The molecule has 0 bridgehead atoms. The average Bonchev–Trinajstić information content (AvgIpc) is 2.57. The number of hydrogen-bond donors (Lipinski definition) is 2. The summed E-state index contributed by atoms with van der Waals surface area (Å²) >= 11 is 0. The van der Waals surface area contributed by atoms with Gasteiger partial charge in [0.05, 0.1) is 31.8 Å². The molecule has 0 saturated carbocycles. The van der Waals surface area contributed by atoms with Gasteiger partial charge in [-0.15, -0.1) is 0 Å². The van der Waals surface area contributed by atoms with Gasteiger partial charge in [-0.2, -0.15) is 0 Å². The molecular formula is C15H18N2O7. The van der Waals surface area contributed by atoms with E-state index in [1.54, 1.807) is 0 Å². The summed E-state index contributed by atoms with van der Waals surface area (Å²) in [5, 5.41) is 11.1. The number of benzene rings is 1. The number of carboxylic acid groups (broad SMARTS) is 1. The van der Waals surface area contributed by atoms with Gasteiger partial charge >= 0.3 is 23.9 Å². The molecule has 0 spiro atoms. The van der Waals surface area contributed by atoms with Crippen molar-refractivity contribution < 1.29 is 33.8 Å². The lowest BCUT2D eigenvalue weighted by Crippen LogP contribution is -2.33. The zero-order chi connectivity index (χ0) is 18.3. The molecular weight excluding hydrogens is 320 g/mol. The highest BCUT2D eigenvalue weighted by Crippen LogP contribution is 2.18. The quantitative estimate of drug-likeness (QED) is 0.747. The third kappa shape index (κ3) is 4.97. The van der Waals surface area contributed by atoms with E-state index in [0.717, 1.165) is 7.11 Å². The Morgan fingerprint density at radius 1 is 1.08 bits per heavy atom. The number of carboxylic acids is 1. The minimum atomic E-state index is -1.02. The first kappa shape index (κ1) is 18.9. The number of carbonyl (C=O) groups is 4. The number of amides is 2. The Morgan fingerprint density at radius 3 is 2.21 bits per heavy atom. The SMILES string of the molecule is COC(=O)c1ccc(NC(=O)N(C)CCC(=O)O)cc1C(=O)OC. The summed E-state index contributed by atoms with van der Waals surface area (Å²) < 4.78 is 9.20. The number of nitrogens with zero attached hydrogens (tertiary/aromatic N) is 1. The van der Waals surface area contributed by atoms with Crippen LogP contribution in [0.4, 0.5) is 10.5 Å². The van der Waals surface area contributed by atoms with E-state index in [2.05, 4.69) is 14.8 Å². The highest BCUT2D eigenvalue weighted by Gasteiger charge is 2.20. The molecule has 9 nitrogen and oxygen atoms in total. The van der Waals surface area contributed by atoms with Crippen LogP contribution in [0.15, 0.2) is 18.2 Å². The maximum atomic E-state index is 12.0. The Bertz CT molecular complexity index is 657. The van der Waals surface area contributed by atoms with Crippen LogP contribution in [0.1, 0.15) is 27.1 Å². The van der Waals surface area contributed by atoms with Crippen LogP contribution in [-0.4, -0.2) is 61.8 Å². The molecule has 2 amide bonds. The molecule has 0 aromatic heterocycles. The average molecular weight is 338 g/mol. The Kier molecular flexibility index (Phi) is 6.72. The molecule has 0 atom stereocenters. The van der Waals surface area contributed by atoms with Gasteiger partial charge in [-0.3, -0.25) is 4.79 Å². The van der Waals surface area contributed by atoms with Crippen molar-refractivity contribution in [2.45, 2.75) is 6.42 Å². The van der Waals surface area contributed by atoms with Crippen molar-refractivity contribution in [2.75, 3.05) is 33.1 Å². The number of hydrogen-bond acceptors (Lipinski definition) is 6. The molecule has 0 fully saturated rings. The zero-order valence-electron chi connectivity index (χ0n) is 13.5. The number of methoxy groups -OCH3 is 2. The fourth-order valence-electron chi connectivity index (χ4n) is 1.77. The van der Waals surface area contributed by atoms with Gasteiger partial charge in [0, 0.05) is 19.3 Å². The van der Waals surface area contributed by atoms with Crippen molar-refractivity contribution >= 4 is 29.6 Å². The highest BCUT2D eigenvalue weighted by molar-refractivity contribution is 6.04. The molecule has 1 aromatic rings. The fourth-order valence-corrected chi connectivity index (χ4v) is 1.77. The number of carbonyl (C=O) groups excluding carboxylic acids is 3. The Morgan fingerprint density at radius 2 is 1.67 bits per heavy atom. The van der Waals surface area contributed by atoms with Crippen molar-refractivity contribution in [1.82, 2.24) is 4.90 Å².